The quantitative estimate of drug-likeness (QED) is 0.777. The summed E-state index contributed by atoms with van der Waals surface area (Å²) >= 11 is 0. The molecule has 94 valence electrons. The van der Waals surface area contributed by atoms with Crippen molar-refractivity contribution in [3.63, 3.8) is 0 Å². The number of aromatic nitrogens is 2. The normalized spacial score (nSPS) is 10.4. The zero-order valence-electron chi connectivity index (χ0n) is 10.8. The van der Waals surface area contributed by atoms with Gasteiger partial charge in [0, 0.05) is 0 Å². The Bertz CT molecular complexity index is 573. The number of ether oxygens (including phenoxy) is 1. The van der Waals surface area contributed by atoms with Crippen molar-refractivity contribution in [1.82, 2.24) is 9.78 Å². The zero-order chi connectivity index (χ0) is 13.1. The summed E-state index contributed by atoms with van der Waals surface area (Å²) in [5.74, 6) is 0.786. The Morgan fingerprint density at radius 3 is 2.72 bits per heavy atom. The molecular formula is C14H16N2O2. The molecule has 0 radical (unpaired) electrons. The molecule has 0 saturated carbocycles. The molecule has 0 atom stereocenters. The fourth-order valence-corrected chi connectivity index (χ4v) is 1.91. The van der Waals surface area contributed by atoms with Gasteiger partial charge in [-0.05, 0) is 32.9 Å². The van der Waals surface area contributed by atoms with Gasteiger partial charge in [-0.25, -0.2) is 4.68 Å². The van der Waals surface area contributed by atoms with Gasteiger partial charge in [-0.15, -0.1) is 0 Å². The molecule has 0 unspecified atom stereocenters. The molecule has 0 spiro atoms. The van der Waals surface area contributed by atoms with Gasteiger partial charge in [0.25, 0.3) is 0 Å². The molecule has 0 aliphatic heterocycles. The minimum Gasteiger partial charge on any atom is -0.492 e. The third-order valence-corrected chi connectivity index (χ3v) is 2.78. The highest BCUT2D eigenvalue weighted by Gasteiger charge is 2.14. The number of nitrogens with zero attached hydrogens (tertiary/aromatic N) is 2. The van der Waals surface area contributed by atoms with Crippen LogP contribution in [0.3, 0.4) is 0 Å². The number of rotatable bonds is 4. The van der Waals surface area contributed by atoms with Crippen molar-refractivity contribution in [1.29, 1.82) is 0 Å². The molecule has 0 bridgehead atoms. The lowest BCUT2D eigenvalue weighted by Gasteiger charge is -2.11. The molecule has 0 saturated heterocycles. The monoisotopic (exact) mass is 244 g/mol. The van der Waals surface area contributed by atoms with E-state index in [4.69, 9.17) is 4.74 Å². The van der Waals surface area contributed by atoms with Crippen molar-refractivity contribution in [2.24, 2.45) is 0 Å². The number of carbonyl (C=O) groups is 1. The Labute approximate surface area is 106 Å². The number of ketones is 1. The van der Waals surface area contributed by atoms with Crippen molar-refractivity contribution < 1.29 is 9.53 Å². The fourth-order valence-electron chi connectivity index (χ4n) is 1.91. The Balaban J connectivity index is 2.52. The molecule has 0 amide bonds. The second kappa shape index (κ2) is 5.04. The van der Waals surface area contributed by atoms with Crippen molar-refractivity contribution in [3.8, 4) is 11.4 Å². The standard InChI is InChI=1S/C14H16N2O2/c1-4-18-14-8-6-5-7-13(14)16-10(2)12(9-15-16)11(3)17/h5-9H,4H2,1-3H3. The Hall–Kier alpha value is -2.10. The first kappa shape index (κ1) is 12.4. The largest absolute Gasteiger partial charge is 0.492 e. The molecule has 0 aliphatic carbocycles. The molecule has 0 fully saturated rings. The van der Waals surface area contributed by atoms with Crippen LogP contribution in [0.15, 0.2) is 30.5 Å². The van der Waals surface area contributed by atoms with Crippen LogP contribution in [-0.4, -0.2) is 22.2 Å². The summed E-state index contributed by atoms with van der Waals surface area (Å²) in [4.78, 5) is 11.4. The molecule has 1 aromatic heterocycles. The van der Waals surface area contributed by atoms with Gasteiger partial charge in [0.15, 0.2) is 5.78 Å². The molecule has 18 heavy (non-hydrogen) atoms. The molecule has 1 heterocycles. The maximum absolute atomic E-state index is 11.4. The molecule has 2 aromatic rings. The average Bonchev–Trinajstić information content (AvgIpc) is 2.72. The highest BCUT2D eigenvalue weighted by Crippen LogP contribution is 2.24. The van der Waals surface area contributed by atoms with Crippen LogP contribution < -0.4 is 4.74 Å². The van der Waals surface area contributed by atoms with E-state index < -0.39 is 0 Å². The van der Waals surface area contributed by atoms with Crippen LogP contribution in [0, 0.1) is 6.92 Å². The Morgan fingerprint density at radius 1 is 1.39 bits per heavy atom. The predicted molar refractivity (Wildman–Crippen MR) is 69.5 cm³/mol. The van der Waals surface area contributed by atoms with Crippen LogP contribution in [0.2, 0.25) is 0 Å². The summed E-state index contributed by atoms with van der Waals surface area (Å²) in [5.41, 5.74) is 2.32. The minimum absolute atomic E-state index is 0.0210. The first-order chi connectivity index (χ1) is 8.65. The van der Waals surface area contributed by atoms with Crippen LogP contribution in [0.5, 0.6) is 5.75 Å². The van der Waals surface area contributed by atoms with Crippen molar-refractivity contribution in [2.45, 2.75) is 20.8 Å². The van der Waals surface area contributed by atoms with E-state index in [1.165, 1.54) is 0 Å². The van der Waals surface area contributed by atoms with E-state index >= 15 is 0 Å². The molecule has 1 aromatic carbocycles. The van der Waals surface area contributed by atoms with Crippen molar-refractivity contribution in [2.75, 3.05) is 6.61 Å². The van der Waals surface area contributed by atoms with E-state index in [2.05, 4.69) is 5.10 Å². The maximum atomic E-state index is 11.4. The SMILES string of the molecule is CCOc1ccccc1-n1ncc(C(C)=O)c1C. The summed E-state index contributed by atoms with van der Waals surface area (Å²) < 4.78 is 7.31. The van der Waals surface area contributed by atoms with E-state index in [0.29, 0.717) is 12.2 Å². The maximum Gasteiger partial charge on any atom is 0.163 e. The van der Waals surface area contributed by atoms with E-state index in [9.17, 15) is 4.79 Å². The summed E-state index contributed by atoms with van der Waals surface area (Å²) in [6.45, 7) is 5.96. The van der Waals surface area contributed by atoms with Crippen molar-refractivity contribution >= 4 is 5.78 Å². The zero-order valence-corrected chi connectivity index (χ0v) is 10.8. The van der Waals surface area contributed by atoms with E-state index in [1.54, 1.807) is 17.8 Å². The van der Waals surface area contributed by atoms with Crippen LogP contribution in [0.4, 0.5) is 0 Å². The van der Waals surface area contributed by atoms with E-state index in [0.717, 1.165) is 17.1 Å². The second-order valence-corrected chi connectivity index (χ2v) is 4.01. The van der Waals surface area contributed by atoms with Gasteiger partial charge in [0.1, 0.15) is 11.4 Å². The highest BCUT2D eigenvalue weighted by molar-refractivity contribution is 5.95. The van der Waals surface area contributed by atoms with Gasteiger partial charge >= 0.3 is 0 Å². The van der Waals surface area contributed by atoms with Crippen LogP contribution >= 0.6 is 0 Å². The van der Waals surface area contributed by atoms with Gasteiger partial charge in [-0.2, -0.15) is 5.10 Å². The molecular weight excluding hydrogens is 228 g/mol. The number of hydrogen-bond donors (Lipinski definition) is 0. The predicted octanol–water partition coefficient (Wildman–Crippen LogP) is 2.78. The molecule has 0 N–H and O–H groups in total. The second-order valence-electron chi connectivity index (χ2n) is 4.01. The number of carbonyl (C=O) groups excluding carboxylic acids is 1. The molecule has 4 heteroatoms. The summed E-state index contributed by atoms with van der Waals surface area (Å²) in [5, 5.41) is 4.27. The fraction of sp³-hybridized carbons (Fsp3) is 0.286. The lowest BCUT2D eigenvalue weighted by Crippen LogP contribution is -2.04. The van der Waals surface area contributed by atoms with Gasteiger partial charge < -0.3 is 4.74 Å². The topological polar surface area (TPSA) is 44.1 Å². The van der Waals surface area contributed by atoms with Gasteiger partial charge in [0.05, 0.1) is 24.1 Å². The van der Waals surface area contributed by atoms with Crippen molar-refractivity contribution in [3.05, 3.63) is 41.7 Å². The molecule has 2 rings (SSSR count). The number of hydrogen-bond acceptors (Lipinski definition) is 3. The Morgan fingerprint density at radius 2 is 2.11 bits per heavy atom. The van der Waals surface area contributed by atoms with Gasteiger partial charge in [0.2, 0.25) is 0 Å². The third kappa shape index (κ3) is 2.14. The van der Waals surface area contributed by atoms with E-state index in [1.807, 2.05) is 38.1 Å². The Kier molecular flexibility index (Phi) is 3.46. The third-order valence-electron chi connectivity index (χ3n) is 2.78. The summed E-state index contributed by atoms with van der Waals surface area (Å²) in [7, 11) is 0. The lowest BCUT2D eigenvalue weighted by atomic mass is 10.2. The summed E-state index contributed by atoms with van der Waals surface area (Å²) in [6.07, 6.45) is 1.60. The summed E-state index contributed by atoms with van der Waals surface area (Å²) in [6, 6.07) is 7.66. The van der Waals surface area contributed by atoms with Crippen LogP contribution in [0.1, 0.15) is 29.9 Å². The molecule has 4 nitrogen and oxygen atoms in total. The van der Waals surface area contributed by atoms with Gasteiger partial charge in [-0.3, -0.25) is 4.79 Å². The minimum atomic E-state index is 0.0210. The first-order valence-corrected chi connectivity index (χ1v) is 5.93. The lowest BCUT2D eigenvalue weighted by molar-refractivity contribution is 0.101. The first-order valence-electron chi connectivity index (χ1n) is 5.93. The van der Waals surface area contributed by atoms with Gasteiger partial charge in [-0.1, -0.05) is 12.1 Å². The molecule has 0 aliphatic rings. The van der Waals surface area contributed by atoms with Crippen LogP contribution in [0.25, 0.3) is 5.69 Å². The number of benzene rings is 1. The number of para-hydroxylation sites is 2. The highest BCUT2D eigenvalue weighted by atomic mass is 16.5. The van der Waals surface area contributed by atoms with Crippen LogP contribution in [-0.2, 0) is 0 Å². The smallest absolute Gasteiger partial charge is 0.163 e. The van der Waals surface area contributed by atoms with E-state index in [-0.39, 0.29) is 5.78 Å². The number of Topliss-reactive ketones (excluding diaryl/α,β-unsaturated/α-hetero) is 1. The average molecular weight is 244 g/mol.